The Hall–Kier alpha value is -0.590. The van der Waals surface area contributed by atoms with Crippen LogP contribution in [0.2, 0.25) is 0 Å². The lowest BCUT2D eigenvalue weighted by molar-refractivity contribution is -0.137. The largest absolute Gasteiger partial charge is 0.416 e. The van der Waals surface area contributed by atoms with E-state index in [1.165, 1.54) is 6.07 Å². The van der Waals surface area contributed by atoms with Gasteiger partial charge in [0.05, 0.1) is 5.56 Å². The van der Waals surface area contributed by atoms with Gasteiger partial charge in [0.1, 0.15) is 0 Å². The molecule has 0 radical (unpaired) electrons. The van der Waals surface area contributed by atoms with Crippen LogP contribution in [0.15, 0.2) is 22.7 Å². The average molecular weight is 283 g/mol. The van der Waals surface area contributed by atoms with E-state index in [-0.39, 0.29) is 6.54 Å². The van der Waals surface area contributed by atoms with Crippen molar-refractivity contribution >= 4 is 15.9 Å². The van der Waals surface area contributed by atoms with E-state index >= 15 is 0 Å². The zero-order chi connectivity index (χ0) is 11.6. The molecule has 0 bridgehead atoms. The number of hydrogen-bond donors (Lipinski definition) is 2. The summed E-state index contributed by atoms with van der Waals surface area (Å²) in [6.07, 6.45) is -4.37. The van der Waals surface area contributed by atoms with Crippen LogP contribution < -0.4 is 11.5 Å². The minimum atomic E-state index is -4.37. The second kappa shape index (κ2) is 4.51. The molecule has 0 spiro atoms. The van der Waals surface area contributed by atoms with Crippen molar-refractivity contribution in [3.63, 3.8) is 0 Å². The molecule has 0 unspecified atom stereocenters. The van der Waals surface area contributed by atoms with Crippen molar-refractivity contribution in [2.45, 2.75) is 12.2 Å². The highest BCUT2D eigenvalue weighted by atomic mass is 79.9. The molecule has 2 nitrogen and oxygen atoms in total. The predicted octanol–water partition coefficient (Wildman–Crippen LogP) is 2.43. The molecular weight excluding hydrogens is 273 g/mol. The fourth-order valence-electron chi connectivity index (χ4n) is 1.13. The first-order valence-electron chi connectivity index (χ1n) is 4.18. The van der Waals surface area contributed by atoms with E-state index in [0.717, 1.165) is 12.1 Å². The van der Waals surface area contributed by atoms with Crippen molar-refractivity contribution in [3.05, 3.63) is 33.8 Å². The Balaban J connectivity index is 3.17. The van der Waals surface area contributed by atoms with Gasteiger partial charge in [-0.2, -0.15) is 13.2 Å². The van der Waals surface area contributed by atoms with Gasteiger partial charge < -0.3 is 11.5 Å². The molecular formula is C9H10BrF3N2. The molecule has 6 heteroatoms. The highest BCUT2D eigenvalue weighted by Gasteiger charge is 2.31. The average Bonchev–Trinajstić information content (AvgIpc) is 2.14. The summed E-state index contributed by atoms with van der Waals surface area (Å²) in [6.45, 7) is 0.105. The minimum absolute atomic E-state index is 0.105. The molecule has 0 amide bonds. The van der Waals surface area contributed by atoms with E-state index in [1.54, 1.807) is 0 Å². The maximum atomic E-state index is 12.4. The van der Waals surface area contributed by atoms with Crippen LogP contribution in [-0.4, -0.2) is 6.54 Å². The van der Waals surface area contributed by atoms with Crippen LogP contribution in [0, 0.1) is 0 Å². The third-order valence-electron chi connectivity index (χ3n) is 1.93. The lowest BCUT2D eigenvalue weighted by Crippen LogP contribution is -2.21. The topological polar surface area (TPSA) is 52.0 Å². The van der Waals surface area contributed by atoms with E-state index < -0.39 is 17.8 Å². The van der Waals surface area contributed by atoms with Gasteiger partial charge >= 0.3 is 6.18 Å². The molecule has 1 atom stereocenters. The first-order chi connectivity index (χ1) is 6.84. The van der Waals surface area contributed by atoms with Crippen LogP contribution in [0.25, 0.3) is 0 Å². The van der Waals surface area contributed by atoms with Crippen LogP contribution in [0.4, 0.5) is 13.2 Å². The number of nitrogens with two attached hydrogens (primary N) is 2. The van der Waals surface area contributed by atoms with E-state index in [4.69, 9.17) is 11.5 Å². The first-order valence-corrected chi connectivity index (χ1v) is 4.97. The standard InChI is InChI=1S/C9H10BrF3N2/c10-7-2-5(8(15)4-14)1-6(3-7)9(11,12)13/h1-3,8H,4,14-15H2/t8-/m1/s1. The zero-order valence-corrected chi connectivity index (χ0v) is 9.27. The number of halogens is 4. The van der Waals surface area contributed by atoms with Crippen molar-refractivity contribution in [1.29, 1.82) is 0 Å². The second-order valence-electron chi connectivity index (χ2n) is 3.11. The number of alkyl halides is 3. The normalized spacial score (nSPS) is 14.0. The molecule has 0 saturated heterocycles. The second-order valence-corrected chi connectivity index (χ2v) is 4.03. The molecule has 15 heavy (non-hydrogen) atoms. The van der Waals surface area contributed by atoms with Crippen molar-refractivity contribution in [3.8, 4) is 0 Å². The lowest BCUT2D eigenvalue weighted by Gasteiger charge is -2.13. The van der Waals surface area contributed by atoms with Crippen LogP contribution >= 0.6 is 15.9 Å². The first kappa shape index (κ1) is 12.5. The number of benzene rings is 1. The van der Waals surface area contributed by atoms with E-state index in [1.807, 2.05) is 0 Å². The number of hydrogen-bond acceptors (Lipinski definition) is 2. The Labute approximate surface area is 93.6 Å². The summed E-state index contributed by atoms with van der Waals surface area (Å²) in [5, 5.41) is 0. The smallest absolute Gasteiger partial charge is 0.329 e. The van der Waals surface area contributed by atoms with Gasteiger partial charge in [-0.25, -0.2) is 0 Å². The Morgan fingerprint density at radius 2 is 1.87 bits per heavy atom. The molecule has 0 saturated carbocycles. The van der Waals surface area contributed by atoms with Gasteiger partial charge in [0.15, 0.2) is 0 Å². The summed E-state index contributed by atoms with van der Waals surface area (Å²) in [5.41, 5.74) is 10.5. The van der Waals surface area contributed by atoms with Gasteiger partial charge in [-0.15, -0.1) is 0 Å². The van der Waals surface area contributed by atoms with Crippen LogP contribution in [-0.2, 0) is 6.18 Å². The SMILES string of the molecule is NC[C@@H](N)c1cc(Br)cc(C(F)(F)F)c1. The Morgan fingerprint density at radius 3 is 2.33 bits per heavy atom. The Morgan fingerprint density at radius 1 is 1.27 bits per heavy atom. The molecule has 1 rings (SSSR count). The van der Waals surface area contributed by atoms with E-state index in [9.17, 15) is 13.2 Å². The van der Waals surface area contributed by atoms with Gasteiger partial charge in [0.25, 0.3) is 0 Å². The Kier molecular flexibility index (Phi) is 3.75. The van der Waals surface area contributed by atoms with Gasteiger partial charge in [-0.1, -0.05) is 15.9 Å². The summed E-state index contributed by atoms with van der Waals surface area (Å²) in [6, 6.07) is 2.98. The quantitative estimate of drug-likeness (QED) is 0.875. The highest BCUT2D eigenvalue weighted by molar-refractivity contribution is 9.10. The number of rotatable bonds is 2. The van der Waals surface area contributed by atoms with E-state index in [2.05, 4.69) is 15.9 Å². The zero-order valence-electron chi connectivity index (χ0n) is 7.68. The molecule has 0 heterocycles. The van der Waals surface area contributed by atoms with Crippen LogP contribution in [0.1, 0.15) is 17.2 Å². The molecule has 0 aromatic heterocycles. The third kappa shape index (κ3) is 3.19. The molecule has 1 aromatic carbocycles. The summed E-state index contributed by atoms with van der Waals surface area (Å²) in [4.78, 5) is 0. The monoisotopic (exact) mass is 282 g/mol. The molecule has 0 aliphatic heterocycles. The maximum absolute atomic E-state index is 12.4. The fraction of sp³-hybridized carbons (Fsp3) is 0.333. The van der Waals surface area contributed by atoms with Gasteiger partial charge in [-0.05, 0) is 23.8 Å². The molecule has 84 valence electrons. The summed E-state index contributed by atoms with van der Waals surface area (Å²) >= 11 is 3.01. The third-order valence-corrected chi connectivity index (χ3v) is 2.39. The van der Waals surface area contributed by atoms with Gasteiger partial charge in [0, 0.05) is 17.1 Å². The lowest BCUT2D eigenvalue weighted by atomic mass is 10.0. The van der Waals surface area contributed by atoms with Crippen LogP contribution in [0.5, 0.6) is 0 Å². The van der Waals surface area contributed by atoms with Crippen molar-refractivity contribution in [2.75, 3.05) is 6.54 Å². The van der Waals surface area contributed by atoms with Crippen molar-refractivity contribution < 1.29 is 13.2 Å². The fourth-order valence-corrected chi connectivity index (χ4v) is 1.64. The van der Waals surface area contributed by atoms with Gasteiger partial charge in [-0.3, -0.25) is 0 Å². The van der Waals surface area contributed by atoms with Crippen LogP contribution in [0.3, 0.4) is 0 Å². The molecule has 0 fully saturated rings. The van der Waals surface area contributed by atoms with E-state index in [0.29, 0.717) is 10.0 Å². The molecule has 0 aliphatic carbocycles. The Bertz CT molecular complexity index is 352. The summed E-state index contributed by atoms with van der Waals surface area (Å²) < 4.78 is 37.6. The summed E-state index contributed by atoms with van der Waals surface area (Å²) in [5.74, 6) is 0. The maximum Gasteiger partial charge on any atom is 0.416 e. The van der Waals surface area contributed by atoms with Crippen molar-refractivity contribution in [1.82, 2.24) is 0 Å². The molecule has 4 N–H and O–H groups in total. The summed E-state index contributed by atoms with van der Waals surface area (Å²) in [7, 11) is 0. The van der Waals surface area contributed by atoms with Gasteiger partial charge in [0.2, 0.25) is 0 Å². The minimum Gasteiger partial charge on any atom is -0.329 e. The predicted molar refractivity (Wildman–Crippen MR) is 55.1 cm³/mol. The molecule has 1 aromatic rings. The molecule has 0 aliphatic rings. The van der Waals surface area contributed by atoms with Crippen molar-refractivity contribution in [2.24, 2.45) is 11.5 Å². The highest BCUT2D eigenvalue weighted by Crippen LogP contribution is 2.32.